The topological polar surface area (TPSA) is 58.9 Å². The van der Waals surface area contributed by atoms with Crippen LogP contribution in [0.4, 0.5) is 0 Å². The molecule has 0 atom stereocenters. The highest BCUT2D eigenvalue weighted by molar-refractivity contribution is 5.40. The molecule has 0 aliphatic rings. The van der Waals surface area contributed by atoms with Gasteiger partial charge >= 0.3 is 0 Å². The van der Waals surface area contributed by atoms with Crippen molar-refractivity contribution in [1.29, 1.82) is 0 Å². The monoisotopic (exact) mass is 246 g/mol. The second kappa shape index (κ2) is 5.31. The fourth-order valence-corrected chi connectivity index (χ4v) is 1.54. The molecule has 0 spiro atoms. The predicted molar refractivity (Wildman–Crippen MR) is 67.1 cm³/mol. The number of phenolic OH excluding ortho intramolecular Hbond substituents is 2. The molecule has 0 saturated carbocycles. The van der Waals surface area contributed by atoms with E-state index in [0.717, 1.165) is 11.3 Å². The molecule has 0 aliphatic carbocycles. The molecule has 0 saturated heterocycles. The Morgan fingerprint density at radius 3 is 2.06 bits per heavy atom. The normalized spacial score (nSPS) is 10.1. The molecular formula is C14H14O4. The molecule has 0 radical (unpaired) electrons. The van der Waals surface area contributed by atoms with Crippen LogP contribution < -0.4 is 9.47 Å². The first kappa shape index (κ1) is 12.1. The van der Waals surface area contributed by atoms with Gasteiger partial charge in [-0.15, -0.1) is 0 Å². The van der Waals surface area contributed by atoms with E-state index in [0.29, 0.717) is 12.4 Å². The first-order valence-corrected chi connectivity index (χ1v) is 5.46. The van der Waals surface area contributed by atoms with Crippen LogP contribution in [0.5, 0.6) is 23.0 Å². The van der Waals surface area contributed by atoms with Crippen molar-refractivity contribution in [2.75, 3.05) is 7.11 Å². The van der Waals surface area contributed by atoms with E-state index in [-0.39, 0.29) is 11.5 Å². The van der Waals surface area contributed by atoms with Crippen LogP contribution in [0.3, 0.4) is 0 Å². The Hall–Kier alpha value is -2.36. The number of rotatable bonds is 4. The molecule has 2 N–H and O–H groups in total. The molecule has 0 aliphatic heterocycles. The highest BCUT2D eigenvalue weighted by atomic mass is 16.5. The summed E-state index contributed by atoms with van der Waals surface area (Å²) in [6.07, 6.45) is 0. The molecule has 0 heterocycles. The van der Waals surface area contributed by atoms with Crippen molar-refractivity contribution in [2.45, 2.75) is 6.61 Å². The van der Waals surface area contributed by atoms with Crippen LogP contribution >= 0.6 is 0 Å². The summed E-state index contributed by atoms with van der Waals surface area (Å²) in [5.41, 5.74) is 0.971. The van der Waals surface area contributed by atoms with E-state index in [1.165, 1.54) is 18.2 Å². The van der Waals surface area contributed by atoms with E-state index in [1.807, 2.05) is 24.3 Å². The van der Waals surface area contributed by atoms with Crippen molar-refractivity contribution in [2.24, 2.45) is 0 Å². The van der Waals surface area contributed by atoms with Gasteiger partial charge < -0.3 is 19.7 Å². The minimum absolute atomic E-state index is 0.0280. The Morgan fingerprint density at radius 1 is 0.889 bits per heavy atom. The third-order valence-electron chi connectivity index (χ3n) is 2.44. The lowest BCUT2D eigenvalue weighted by Gasteiger charge is -2.08. The molecule has 2 aromatic rings. The van der Waals surface area contributed by atoms with Crippen LogP contribution in [0.25, 0.3) is 0 Å². The van der Waals surface area contributed by atoms with Crippen molar-refractivity contribution in [3.05, 3.63) is 48.0 Å². The van der Waals surface area contributed by atoms with E-state index in [9.17, 15) is 10.2 Å². The van der Waals surface area contributed by atoms with Crippen LogP contribution in [0, 0.1) is 0 Å². The third kappa shape index (κ3) is 3.07. The van der Waals surface area contributed by atoms with Crippen molar-refractivity contribution < 1.29 is 19.7 Å². The smallest absolute Gasteiger partial charge is 0.127 e. The standard InChI is InChI=1S/C14H14O4/c1-17-13-4-2-10(3-5-13)9-18-14-7-11(15)6-12(16)8-14/h2-8,15-16H,9H2,1H3. The maximum absolute atomic E-state index is 9.30. The minimum atomic E-state index is -0.0280. The van der Waals surface area contributed by atoms with Gasteiger partial charge in [-0.2, -0.15) is 0 Å². The fraction of sp³-hybridized carbons (Fsp3) is 0.143. The van der Waals surface area contributed by atoms with Gasteiger partial charge in [0, 0.05) is 18.2 Å². The van der Waals surface area contributed by atoms with Gasteiger partial charge in [-0.25, -0.2) is 0 Å². The maximum atomic E-state index is 9.30. The predicted octanol–water partition coefficient (Wildman–Crippen LogP) is 2.69. The number of hydrogen-bond donors (Lipinski definition) is 2. The van der Waals surface area contributed by atoms with Gasteiger partial charge in [0.05, 0.1) is 7.11 Å². The van der Waals surface area contributed by atoms with Crippen molar-refractivity contribution in [1.82, 2.24) is 0 Å². The van der Waals surface area contributed by atoms with Gasteiger partial charge in [-0.05, 0) is 17.7 Å². The average molecular weight is 246 g/mol. The summed E-state index contributed by atoms with van der Waals surface area (Å²) < 4.78 is 10.5. The van der Waals surface area contributed by atoms with Crippen molar-refractivity contribution in [3.63, 3.8) is 0 Å². The molecule has 0 aromatic heterocycles. The highest BCUT2D eigenvalue weighted by Crippen LogP contribution is 2.26. The van der Waals surface area contributed by atoms with Crippen LogP contribution in [-0.4, -0.2) is 17.3 Å². The molecule has 0 bridgehead atoms. The Labute approximate surface area is 105 Å². The molecule has 0 fully saturated rings. The number of benzene rings is 2. The van der Waals surface area contributed by atoms with E-state index in [1.54, 1.807) is 7.11 Å². The molecule has 94 valence electrons. The Bertz CT molecular complexity index is 500. The number of aromatic hydroxyl groups is 2. The van der Waals surface area contributed by atoms with E-state index in [2.05, 4.69) is 0 Å². The van der Waals surface area contributed by atoms with Crippen LogP contribution in [0.2, 0.25) is 0 Å². The molecule has 2 rings (SSSR count). The lowest BCUT2D eigenvalue weighted by atomic mass is 10.2. The van der Waals surface area contributed by atoms with E-state index < -0.39 is 0 Å². The molecule has 4 nitrogen and oxygen atoms in total. The van der Waals surface area contributed by atoms with Crippen LogP contribution in [0.1, 0.15) is 5.56 Å². The van der Waals surface area contributed by atoms with Gasteiger partial charge in [0.1, 0.15) is 29.6 Å². The molecule has 18 heavy (non-hydrogen) atoms. The van der Waals surface area contributed by atoms with Crippen LogP contribution in [0.15, 0.2) is 42.5 Å². The SMILES string of the molecule is COc1ccc(COc2cc(O)cc(O)c2)cc1. The van der Waals surface area contributed by atoms with E-state index in [4.69, 9.17) is 9.47 Å². The average Bonchev–Trinajstić information content (AvgIpc) is 2.36. The summed E-state index contributed by atoms with van der Waals surface area (Å²) in [5, 5.41) is 18.6. The molecule has 2 aromatic carbocycles. The fourth-order valence-electron chi connectivity index (χ4n) is 1.54. The maximum Gasteiger partial charge on any atom is 0.127 e. The van der Waals surface area contributed by atoms with Crippen molar-refractivity contribution in [3.8, 4) is 23.0 Å². The summed E-state index contributed by atoms with van der Waals surface area (Å²) >= 11 is 0. The summed E-state index contributed by atoms with van der Waals surface area (Å²) in [4.78, 5) is 0. The first-order valence-electron chi connectivity index (χ1n) is 5.46. The number of methoxy groups -OCH3 is 1. The minimum Gasteiger partial charge on any atom is -0.508 e. The Balaban J connectivity index is 2.01. The third-order valence-corrected chi connectivity index (χ3v) is 2.44. The zero-order valence-corrected chi connectivity index (χ0v) is 9.96. The van der Waals surface area contributed by atoms with E-state index >= 15 is 0 Å². The Morgan fingerprint density at radius 2 is 1.50 bits per heavy atom. The quantitative estimate of drug-likeness (QED) is 0.870. The van der Waals surface area contributed by atoms with Gasteiger partial charge in [0.25, 0.3) is 0 Å². The zero-order chi connectivity index (χ0) is 13.0. The largest absolute Gasteiger partial charge is 0.508 e. The summed E-state index contributed by atoms with van der Waals surface area (Å²) in [6.45, 7) is 0.354. The molecular weight excluding hydrogens is 232 g/mol. The number of ether oxygens (including phenoxy) is 2. The number of phenols is 2. The summed E-state index contributed by atoms with van der Waals surface area (Å²) in [6, 6.07) is 11.6. The lowest BCUT2D eigenvalue weighted by Crippen LogP contribution is -1.95. The summed E-state index contributed by atoms with van der Waals surface area (Å²) in [5.74, 6) is 1.15. The van der Waals surface area contributed by atoms with Crippen molar-refractivity contribution >= 4 is 0 Å². The molecule has 4 heteroatoms. The van der Waals surface area contributed by atoms with Gasteiger partial charge in [0.2, 0.25) is 0 Å². The molecule has 0 unspecified atom stereocenters. The second-order valence-electron chi connectivity index (χ2n) is 3.82. The van der Waals surface area contributed by atoms with Gasteiger partial charge in [-0.1, -0.05) is 12.1 Å². The van der Waals surface area contributed by atoms with Crippen LogP contribution in [-0.2, 0) is 6.61 Å². The molecule has 0 amide bonds. The zero-order valence-electron chi connectivity index (χ0n) is 9.96. The Kier molecular flexibility index (Phi) is 3.57. The van der Waals surface area contributed by atoms with Gasteiger partial charge in [-0.3, -0.25) is 0 Å². The second-order valence-corrected chi connectivity index (χ2v) is 3.82. The highest BCUT2D eigenvalue weighted by Gasteiger charge is 2.01. The summed E-state index contributed by atoms with van der Waals surface area (Å²) in [7, 11) is 1.61. The van der Waals surface area contributed by atoms with Gasteiger partial charge in [0.15, 0.2) is 0 Å². The lowest BCUT2D eigenvalue weighted by molar-refractivity contribution is 0.302. The number of hydrogen-bond acceptors (Lipinski definition) is 4. The first-order chi connectivity index (χ1) is 8.67.